The molecule has 4 aromatic rings. The number of aromatic amines is 1. The summed E-state index contributed by atoms with van der Waals surface area (Å²) < 4.78 is 7.43. The van der Waals surface area contributed by atoms with Crippen LogP contribution in [0.3, 0.4) is 0 Å². The van der Waals surface area contributed by atoms with Crippen LogP contribution in [0.15, 0.2) is 49.2 Å². The first-order valence-electron chi connectivity index (χ1n) is 10.9. The number of anilines is 2. The monoisotopic (exact) mass is 448 g/mol. The van der Waals surface area contributed by atoms with Crippen LogP contribution in [0, 0.1) is 0 Å². The highest BCUT2D eigenvalue weighted by atomic mass is 16.5. The molecule has 4 rings (SSSR count). The minimum atomic E-state index is -0.163. The summed E-state index contributed by atoms with van der Waals surface area (Å²) in [6, 6.07) is 5.36. The molecule has 1 amide bonds. The fourth-order valence-corrected chi connectivity index (χ4v) is 3.67. The lowest BCUT2D eigenvalue weighted by Gasteiger charge is -2.18. The SMILES string of the molecule is CCN(CC)CCNC(=O)c1ccc(Nc2ncc(-c3cn[nH]c3)n3ccnc23)cc1OC. The van der Waals surface area contributed by atoms with E-state index in [2.05, 4.69) is 49.5 Å². The number of nitrogens with one attached hydrogen (secondary N) is 3. The third-order valence-corrected chi connectivity index (χ3v) is 5.54. The number of carbonyl (C=O) groups is 1. The van der Waals surface area contributed by atoms with Crippen LogP contribution in [0.5, 0.6) is 5.75 Å². The van der Waals surface area contributed by atoms with Gasteiger partial charge in [-0.25, -0.2) is 9.97 Å². The largest absolute Gasteiger partial charge is 0.496 e. The minimum Gasteiger partial charge on any atom is -0.496 e. The van der Waals surface area contributed by atoms with Crippen LogP contribution in [0.4, 0.5) is 11.5 Å². The molecule has 1 aromatic carbocycles. The van der Waals surface area contributed by atoms with E-state index in [-0.39, 0.29) is 5.91 Å². The molecular formula is C23H28N8O2. The number of rotatable bonds is 10. The molecule has 0 spiro atoms. The van der Waals surface area contributed by atoms with E-state index < -0.39 is 0 Å². The van der Waals surface area contributed by atoms with E-state index in [0.717, 1.165) is 36.6 Å². The van der Waals surface area contributed by atoms with E-state index in [1.807, 2.05) is 16.7 Å². The number of amides is 1. The Hall–Kier alpha value is -3.92. The smallest absolute Gasteiger partial charge is 0.255 e. The minimum absolute atomic E-state index is 0.163. The van der Waals surface area contributed by atoms with Gasteiger partial charge >= 0.3 is 0 Å². The fourth-order valence-electron chi connectivity index (χ4n) is 3.67. The average Bonchev–Trinajstić information content (AvgIpc) is 3.55. The highest BCUT2D eigenvalue weighted by Crippen LogP contribution is 2.28. The second-order valence-electron chi connectivity index (χ2n) is 7.42. The number of benzene rings is 1. The number of imidazole rings is 1. The molecular weight excluding hydrogens is 420 g/mol. The Morgan fingerprint density at radius 1 is 1.21 bits per heavy atom. The van der Waals surface area contributed by atoms with Crippen LogP contribution < -0.4 is 15.4 Å². The number of hydrogen-bond acceptors (Lipinski definition) is 7. The van der Waals surface area contributed by atoms with Gasteiger partial charge in [-0.05, 0) is 25.2 Å². The van der Waals surface area contributed by atoms with Crippen molar-refractivity contribution in [2.75, 3.05) is 38.6 Å². The highest BCUT2D eigenvalue weighted by molar-refractivity contribution is 5.97. The summed E-state index contributed by atoms with van der Waals surface area (Å²) >= 11 is 0. The number of ether oxygens (including phenoxy) is 1. The van der Waals surface area contributed by atoms with Gasteiger partial charge in [0.15, 0.2) is 11.5 Å². The highest BCUT2D eigenvalue weighted by Gasteiger charge is 2.15. The normalized spacial score (nSPS) is 11.2. The first-order valence-corrected chi connectivity index (χ1v) is 10.9. The summed E-state index contributed by atoms with van der Waals surface area (Å²) in [5.74, 6) is 0.907. The van der Waals surface area contributed by atoms with E-state index in [1.54, 1.807) is 44.0 Å². The number of methoxy groups -OCH3 is 1. The van der Waals surface area contributed by atoms with Crippen molar-refractivity contribution in [1.29, 1.82) is 0 Å². The lowest BCUT2D eigenvalue weighted by atomic mass is 10.1. The van der Waals surface area contributed by atoms with E-state index in [0.29, 0.717) is 29.3 Å². The molecule has 0 aliphatic heterocycles. The van der Waals surface area contributed by atoms with Crippen molar-refractivity contribution in [1.82, 2.24) is 34.8 Å². The summed E-state index contributed by atoms with van der Waals surface area (Å²) in [5, 5.41) is 13.1. The first kappa shape index (κ1) is 22.3. The van der Waals surface area contributed by atoms with Crippen LogP contribution in [0.1, 0.15) is 24.2 Å². The van der Waals surface area contributed by atoms with Crippen LogP contribution in [-0.2, 0) is 0 Å². The lowest BCUT2D eigenvalue weighted by molar-refractivity contribution is 0.0946. The maximum absolute atomic E-state index is 12.7. The van der Waals surface area contributed by atoms with E-state index in [4.69, 9.17) is 4.74 Å². The average molecular weight is 449 g/mol. The standard InChI is InChI=1S/C23H28N8O2/c1-4-30(5-2)10-8-25-23(32)18-7-6-17(12-20(18)33-3)29-21-22-24-9-11-31(22)19(15-26-21)16-13-27-28-14-16/h6-7,9,11-15H,4-5,8,10H2,1-3H3,(H,25,32)(H,26,29)(H,27,28). The topological polar surface area (TPSA) is 112 Å². The van der Waals surface area contributed by atoms with Gasteiger partial charge in [-0.15, -0.1) is 0 Å². The number of aromatic nitrogens is 5. The Morgan fingerprint density at radius 3 is 2.79 bits per heavy atom. The Kier molecular flexibility index (Phi) is 6.84. The lowest BCUT2D eigenvalue weighted by Crippen LogP contribution is -2.34. The van der Waals surface area contributed by atoms with Gasteiger partial charge < -0.3 is 20.3 Å². The molecule has 0 saturated heterocycles. The summed E-state index contributed by atoms with van der Waals surface area (Å²) in [6.45, 7) is 7.51. The van der Waals surface area contributed by atoms with Crippen molar-refractivity contribution in [2.24, 2.45) is 0 Å². The van der Waals surface area contributed by atoms with Gasteiger partial charge in [0.25, 0.3) is 5.91 Å². The molecule has 0 radical (unpaired) electrons. The van der Waals surface area contributed by atoms with Gasteiger partial charge in [-0.3, -0.25) is 14.3 Å². The third kappa shape index (κ3) is 4.80. The van der Waals surface area contributed by atoms with Gasteiger partial charge in [0, 0.05) is 49.0 Å². The molecule has 3 aromatic heterocycles. The Balaban J connectivity index is 1.52. The Morgan fingerprint density at radius 2 is 2.06 bits per heavy atom. The van der Waals surface area contributed by atoms with Crippen molar-refractivity contribution < 1.29 is 9.53 Å². The van der Waals surface area contributed by atoms with Crippen molar-refractivity contribution in [2.45, 2.75) is 13.8 Å². The number of carbonyl (C=O) groups excluding carboxylic acids is 1. The van der Waals surface area contributed by atoms with Crippen molar-refractivity contribution in [3.05, 3.63) is 54.7 Å². The molecule has 3 N–H and O–H groups in total. The van der Waals surface area contributed by atoms with Crippen LogP contribution in [0.2, 0.25) is 0 Å². The van der Waals surface area contributed by atoms with Gasteiger partial charge in [0.2, 0.25) is 0 Å². The second-order valence-corrected chi connectivity index (χ2v) is 7.42. The molecule has 0 aliphatic carbocycles. The molecule has 0 saturated carbocycles. The number of fused-ring (bicyclic) bond motifs is 1. The Bertz CT molecular complexity index is 1210. The zero-order valence-electron chi connectivity index (χ0n) is 19.0. The van der Waals surface area contributed by atoms with E-state index in [9.17, 15) is 4.79 Å². The van der Waals surface area contributed by atoms with Crippen LogP contribution >= 0.6 is 0 Å². The molecule has 0 fully saturated rings. The van der Waals surface area contributed by atoms with E-state index in [1.165, 1.54) is 0 Å². The molecule has 0 bridgehead atoms. The fraction of sp³-hybridized carbons (Fsp3) is 0.304. The number of likely N-dealkylation sites (N-methyl/N-ethyl adjacent to an activating group) is 1. The van der Waals surface area contributed by atoms with Crippen molar-refractivity contribution >= 4 is 23.1 Å². The maximum atomic E-state index is 12.7. The molecule has 0 unspecified atom stereocenters. The van der Waals surface area contributed by atoms with Gasteiger partial charge in [-0.1, -0.05) is 13.8 Å². The molecule has 10 heteroatoms. The number of nitrogens with zero attached hydrogens (tertiary/aromatic N) is 5. The summed E-state index contributed by atoms with van der Waals surface area (Å²) in [6.07, 6.45) is 8.89. The zero-order valence-corrected chi connectivity index (χ0v) is 19.0. The number of H-pyrrole nitrogens is 1. The van der Waals surface area contributed by atoms with Crippen molar-refractivity contribution in [3.8, 4) is 17.0 Å². The third-order valence-electron chi connectivity index (χ3n) is 5.54. The van der Waals surface area contributed by atoms with Gasteiger partial charge in [-0.2, -0.15) is 5.10 Å². The predicted molar refractivity (Wildman–Crippen MR) is 127 cm³/mol. The predicted octanol–water partition coefficient (Wildman–Crippen LogP) is 2.94. The first-order chi connectivity index (χ1) is 16.1. The molecule has 172 valence electrons. The second kappa shape index (κ2) is 10.1. The molecule has 0 aliphatic rings. The van der Waals surface area contributed by atoms with Gasteiger partial charge in [0.05, 0.1) is 30.8 Å². The summed E-state index contributed by atoms with van der Waals surface area (Å²) in [5.41, 5.74) is 3.67. The molecule has 10 nitrogen and oxygen atoms in total. The van der Waals surface area contributed by atoms with Crippen molar-refractivity contribution in [3.63, 3.8) is 0 Å². The molecule has 3 heterocycles. The number of hydrogen-bond donors (Lipinski definition) is 3. The van der Waals surface area contributed by atoms with Crippen LogP contribution in [-0.4, -0.2) is 68.7 Å². The summed E-state index contributed by atoms with van der Waals surface area (Å²) in [4.78, 5) is 23.9. The zero-order chi connectivity index (χ0) is 23.2. The maximum Gasteiger partial charge on any atom is 0.255 e. The molecule has 0 atom stereocenters. The quantitative estimate of drug-likeness (QED) is 0.342. The van der Waals surface area contributed by atoms with Gasteiger partial charge in [0.1, 0.15) is 5.75 Å². The molecule has 33 heavy (non-hydrogen) atoms. The Labute approximate surface area is 192 Å². The van der Waals surface area contributed by atoms with Crippen LogP contribution in [0.25, 0.3) is 16.9 Å². The van der Waals surface area contributed by atoms with E-state index >= 15 is 0 Å². The summed E-state index contributed by atoms with van der Waals surface area (Å²) in [7, 11) is 1.55.